The second kappa shape index (κ2) is 4.55. The fraction of sp³-hybridized carbons (Fsp3) is 0. The molecule has 0 aliphatic carbocycles. The second-order valence-electron chi connectivity index (χ2n) is 2.92. The largest absolute Gasteiger partial charge is 0.418 e. The van der Waals surface area contributed by atoms with Crippen molar-refractivity contribution < 1.29 is 18.2 Å². The highest BCUT2D eigenvalue weighted by molar-refractivity contribution is 7.54. The van der Waals surface area contributed by atoms with E-state index in [-0.39, 0.29) is 11.5 Å². The summed E-state index contributed by atoms with van der Waals surface area (Å²) in [5, 5.41) is 0. The van der Waals surface area contributed by atoms with E-state index in [1.165, 1.54) is 12.1 Å². The van der Waals surface area contributed by atoms with Crippen LogP contribution in [0.4, 0.5) is 0 Å². The van der Waals surface area contributed by atoms with E-state index < -0.39 is 15.3 Å². The van der Waals surface area contributed by atoms with Crippen molar-refractivity contribution in [3.8, 4) is 11.5 Å². The maximum absolute atomic E-state index is 11.0. The summed E-state index contributed by atoms with van der Waals surface area (Å²) in [6, 6.07) is 5.85. The van der Waals surface area contributed by atoms with E-state index in [2.05, 4.69) is 0 Å². The maximum Gasteiger partial charge on any atom is 0.385 e. The lowest BCUT2D eigenvalue weighted by molar-refractivity contribution is 0.448. The van der Waals surface area contributed by atoms with Gasteiger partial charge in [-0.1, -0.05) is 12.1 Å². The molecule has 0 spiro atoms. The lowest BCUT2D eigenvalue weighted by Crippen LogP contribution is -2.13. The number of hydrogen-bond acceptors (Lipinski definition) is 4. The summed E-state index contributed by atoms with van der Waals surface area (Å²) in [4.78, 5) is 0. The van der Waals surface area contributed by atoms with Crippen LogP contribution in [0.15, 0.2) is 24.3 Å². The van der Waals surface area contributed by atoms with Crippen molar-refractivity contribution in [3.05, 3.63) is 24.3 Å². The molecule has 8 N–H and O–H groups in total. The third kappa shape index (κ3) is 4.76. The number of nitrogens with two attached hydrogens (primary N) is 4. The van der Waals surface area contributed by atoms with Gasteiger partial charge in [0.15, 0.2) is 11.5 Å². The predicted octanol–water partition coefficient (Wildman–Crippen LogP) is 0.495. The highest BCUT2D eigenvalue weighted by atomic mass is 31.2. The molecular formula is C6H12N4O4P2. The fourth-order valence-electron chi connectivity index (χ4n) is 0.908. The van der Waals surface area contributed by atoms with Gasteiger partial charge in [0, 0.05) is 0 Å². The summed E-state index contributed by atoms with van der Waals surface area (Å²) in [6.07, 6.45) is 0. The molecule has 0 unspecified atom stereocenters. The van der Waals surface area contributed by atoms with Gasteiger partial charge in [0.25, 0.3) is 0 Å². The average molecular weight is 266 g/mol. The molecule has 0 aromatic heterocycles. The number of benzene rings is 1. The zero-order valence-corrected chi connectivity index (χ0v) is 9.94. The van der Waals surface area contributed by atoms with Crippen molar-refractivity contribution in [2.45, 2.75) is 0 Å². The summed E-state index contributed by atoms with van der Waals surface area (Å²) in [5.41, 5.74) is 20.1. The molecule has 0 aliphatic rings. The van der Waals surface area contributed by atoms with Crippen LogP contribution in [0.25, 0.3) is 0 Å². The maximum atomic E-state index is 11.0. The normalized spacial score (nSPS) is 12.2. The molecule has 16 heavy (non-hydrogen) atoms. The Labute approximate surface area is 92.0 Å². The number of hydrogen-bond donors (Lipinski definition) is 4. The van der Waals surface area contributed by atoms with Crippen LogP contribution in [-0.2, 0) is 9.13 Å². The third-order valence-corrected chi connectivity index (χ3v) is 2.30. The minimum atomic E-state index is -3.73. The van der Waals surface area contributed by atoms with E-state index in [1.54, 1.807) is 12.1 Å². The molecule has 0 amide bonds. The highest BCUT2D eigenvalue weighted by Gasteiger charge is 2.18. The highest BCUT2D eigenvalue weighted by Crippen LogP contribution is 2.41. The molecule has 8 nitrogen and oxygen atoms in total. The molecular weight excluding hydrogens is 254 g/mol. The minimum Gasteiger partial charge on any atom is -0.418 e. The molecule has 0 atom stereocenters. The Bertz CT molecular complexity index is 424. The Hall–Kier alpha value is -0.880. The molecule has 1 aromatic carbocycles. The second-order valence-corrected chi connectivity index (χ2v) is 5.87. The van der Waals surface area contributed by atoms with Crippen LogP contribution < -0.4 is 31.1 Å². The lowest BCUT2D eigenvalue weighted by Gasteiger charge is -2.15. The third-order valence-electron chi connectivity index (χ3n) is 1.33. The van der Waals surface area contributed by atoms with Crippen LogP contribution in [0.1, 0.15) is 0 Å². The van der Waals surface area contributed by atoms with Crippen molar-refractivity contribution in [1.82, 2.24) is 0 Å². The lowest BCUT2D eigenvalue weighted by atomic mass is 10.3. The summed E-state index contributed by atoms with van der Waals surface area (Å²) in [7, 11) is -7.46. The standard InChI is InChI=1S/C6H12N4O4P2/c7-15(8,11)13-5-3-1-2-4-6(5)14-16(9,10)12/h1-4H,(H4,7,8,11)(H4,9,10,12). The van der Waals surface area contributed by atoms with Gasteiger partial charge in [0.1, 0.15) is 0 Å². The summed E-state index contributed by atoms with van der Waals surface area (Å²) in [6.45, 7) is 0. The van der Waals surface area contributed by atoms with Crippen LogP contribution in [-0.4, -0.2) is 0 Å². The van der Waals surface area contributed by atoms with E-state index in [9.17, 15) is 9.13 Å². The molecule has 0 saturated carbocycles. The van der Waals surface area contributed by atoms with Gasteiger partial charge in [-0.3, -0.25) is 0 Å². The van der Waals surface area contributed by atoms with Crippen molar-refractivity contribution in [3.63, 3.8) is 0 Å². The van der Waals surface area contributed by atoms with Gasteiger partial charge in [0.05, 0.1) is 0 Å². The van der Waals surface area contributed by atoms with Crippen LogP contribution >= 0.6 is 15.3 Å². The molecule has 0 saturated heterocycles. The molecule has 1 rings (SSSR count). The van der Waals surface area contributed by atoms with Gasteiger partial charge in [-0.05, 0) is 12.1 Å². The SMILES string of the molecule is NP(N)(=O)Oc1ccccc1OP(N)(N)=O. The number of rotatable bonds is 4. The first-order chi connectivity index (χ1) is 7.17. The zero-order valence-electron chi connectivity index (χ0n) is 8.15. The molecule has 10 heteroatoms. The summed E-state index contributed by atoms with van der Waals surface area (Å²) in [5.74, 6) is -0.0982. The average Bonchev–Trinajstić information content (AvgIpc) is 2.03. The van der Waals surface area contributed by atoms with Gasteiger partial charge in [-0.15, -0.1) is 0 Å². The molecule has 1 aromatic rings. The predicted molar refractivity (Wildman–Crippen MR) is 59.7 cm³/mol. The Morgan fingerprint density at radius 2 is 1.12 bits per heavy atom. The molecule has 90 valence electrons. The van der Waals surface area contributed by atoms with E-state index in [0.29, 0.717) is 0 Å². The van der Waals surface area contributed by atoms with E-state index in [0.717, 1.165) is 0 Å². The van der Waals surface area contributed by atoms with Crippen molar-refractivity contribution in [2.75, 3.05) is 0 Å². The van der Waals surface area contributed by atoms with Gasteiger partial charge in [-0.2, -0.15) is 0 Å². The molecule has 0 fully saturated rings. The molecule has 0 heterocycles. The van der Waals surface area contributed by atoms with E-state index in [4.69, 9.17) is 31.1 Å². The van der Waals surface area contributed by atoms with Crippen molar-refractivity contribution >= 4 is 15.3 Å². The molecule has 0 bridgehead atoms. The fourth-order valence-corrected chi connectivity index (χ4v) is 1.82. The first-order valence-electron chi connectivity index (χ1n) is 4.00. The van der Waals surface area contributed by atoms with E-state index in [1.807, 2.05) is 0 Å². The molecule has 0 radical (unpaired) electrons. The van der Waals surface area contributed by atoms with Crippen LogP contribution in [0.5, 0.6) is 11.5 Å². The monoisotopic (exact) mass is 266 g/mol. The minimum absolute atomic E-state index is 0.0491. The Balaban J connectivity index is 3.01. The van der Waals surface area contributed by atoms with Gasteiger partial charge in [0.2, 0.25) is 0 Å². The Morgan fingerprint density at radius 3 is 1.38 bits per heavy atom. The van der Waals surface area contributed by atoms with Crippen LogP contribution in [0.3, 0.4) is 0 Å². The Kier molecular flexibility index (Phi) is 3.75. The topological polar surface area (TPSA) is 157 Å². The quantitative estimate of drug-likeness (QED) is 0.573. The van der Waals surface area contributed by atoms with E-state index >= 15 is 0 Å². The van der Waals surface area contributed by atoms with Gasteiger partial charge < -0.3 is 9.05 Å². The first kappa shape index (κ1) is 13.2. The van der Waals surface area contributed by atoms with Crippen molar-refractivity contribution in [1.29, 1.82) is 0 Å². The van der Waals surface area contributed by atoms with Gasteiger partial charge in [-0.25, -0.2) is 31.1 Å². The zero-order chi connectivity index (χ0) is 12.4. The van der Waals surface area contributed by atoms with Gasteiger partial charge >= 0.3 is 15.3 Å². The van der Waals surface area contributed by atoms with Crippen LogP contribution in [0, 0.1) is 0 Å². The van der Waals surface area contributed by atoms with Crippen LogP contribution in [0.2, 0.25) is 0 Å². The first-order valence-corrected chi connectivity index (χ1v) is 7.52. The summed E-state index contributed by atoms with van der Waals surface area (Å²) >= 11 is 0. The Morgan fingerprint density at radius 1 is 0.812 bits per heavy atom. The number of para-hydroxylation sites is 2. The van der Waals surface area contributed by atoms with Crippen molar-refractivity contribution in [2.24, 2.45) is 22.0 Å². The molecule has 0 aliphatic heterocycles. The summed E-state index contributed by atoms with van der Waals surface area (Å²) < 4.78 is 31.6. The smallest absolute Gasteiger partial charge is 0.385 e.